The van der Waals surface area contributed by atoms with Gasteiger partial charge in [-0.15, -0.1) is 0 Å². The predicted molar refractivity (Wildman–Crippen MR) is 110 cm³/mol. The average Bonchev–Trinajstić information content (AvgIpc) is 3.09. The largest absolute Gasteiger partial charge is 0.493 e. The topological polar surface area (TPSA) is 162 Å². The second-order valence-electron chi connectivity index (χ2n) is 5.82. The number of fused-ring (bicyclic) bond motifs is 1. The van der Waals surface area contributed by atoms with Gasteiger partial charge in [0.15, 0.2) is 11.5 Å². The van der Waals surface area contributed by atoms with E-state index < -0.39 is 13.8 Å². The number of nitrogens with one attached hydrogen (secondary N) is 1. The lowest BCUT2D eigenvalue weighted by molar-refractivity contribution is 0.0698. The summed E-state index contributed by atoms with van der Waals surface area (Å²) in [5.74, 6) is 0.930. The Morgan fingerprint density at radius 3 is 2.47 bits per heavy atom. The highest BCUT2D eigenvalue weighted by Gasteiger charge is 2.11. The Balaban J connectivity index is 0.000000575. The first-order valence-electron chi connectivity index (χ1n) is 8.61. The number of hydrogen-bond donors (Lipinski definition) is 5. The Hall–Kier alpha value is -3.17. The normalized spacial score (nSPS) is 11.2. The van der Waals surface area contributed by atoms with Crippen LogP contribution in [0.3, 0.4) is 0 Å². The van der Waals surface area contributed by atoms with Crippen molar-refractivity contribution < 1.29 is 38.6 Å². The van der Waals surface area contributed by atoms with Crippen molar-refractivity contribution in [2.24, 2.45) is 0 Å². The molecule has 0 radical (unpaired) electrons. The quantitative estimate of drug-likeness (QED) is 0.366. The third-order valence-corrected chi connectivity index (χ3v) is 3.68. The molecule has 0 fully saturated rings. The van der Waals surface area contributed by atoms with Crippen LogP contribution in [0.4, 0.5) is 0 Å². The maximum Gasteiger partial charge on any atom is 0.466 e. The Morgan fingerprint density at radius 1 is 1.17 bits per heavy atom. The first-order valence-corrected chi connectivity index (χ1v) is 10.2. The van der Waals surface area contributed by atoms with E-state index in [1.165, 1.54) is 6.07 Å². The molecule has 2 aromatic carbocycles. The molecule has 0 atom stereocenters. The highest BCUT2D eigenvalue weighted by Crippen LogP contribution is 2.29. The second-order valence-corrected chi connectivity index (χ2v) is 6.85. The summed E-state index contributed by atoms with van der Waals surface area (Å²) < 4.78 is 19.7. The van der Waals surface area contributed by atoms with Crippen molar-refractivity contribution in [2.45, 2.75) is 6.92 Å². The van der Waals surface area contributed by atoms with Crippen molar-refractivity contribution in [3.8, 4) is 11.5 Å². The summed E-state index contributed by atoms with van der Waals surface area (Å²) in [5.41, 5.74) is 2.22. The fraction of sp³-hybridized carbons (Fsp3) is 0.158. The van der Waals surface area contributed by atoms with Gasteiger partial charge in [0, 0.05) is 0 Å². The van der Waals surface area contributed by atoms with Crippen molar-refractivity contribution in [1.29, 1.82) is 0 Å². The van der Waals surface area contributed by atoms with Crippen LogP contribution < -0.4 is 9.47 Å². The van der Waals surface area contributed by atoms with Crippen LogP contribution in [0.2, 0.25) is 0 Å². The van der Waals surface area contributed by atoms with Crippen molar-refractivity contribution in [1.82, 2.24) is 9.97 Å². The maximum absolute atomic E-state index is 11.3. The minimum atomic E-state index is -4.64. The van der Waals surface area contributed by atoms with Gasteiger partial charge in [0.2, 0.25) is 0 Å². The molecule has 0 bridgehead atoms. The number of aromatic nitrogens is 2. The molecular formula is C19H21N2O8P. The zero-order valence-corrected chi connectivity index (χ0v) is 17.0. The van der Waals surface area contributed by atoms with E-state index in [2.05, 4.69) is 9.97 Å². The van der Waals surface area contributed by atoms with Crippen molar-refractivity contribution >= 4 is 37.0 Å². The van der Waals surface area contributed by atoms with Gasteiger partial charge >= 0.3 is 13.8 Å². The maximum atomic E-state index is 11.3. The van der Waals surface area contributed by atoms with Crippen LogP contribution in [-0.2, 0) is 4.57 Å². The molecule has 11 heteroatoms. The number of para-hydroxylation sites is 1. The Bertz CT molecular complexity index is 1090. The van der Waals surface area contributed by atoms with E-state index in [-0.39, 0.29) is 5.56 Å². The number of hydrogen-bond acceptors (Lipinski definition) is 5. The van der Waals surface area contributed by atoms with Crippen LogP contribution in [0.1, 0.15) is 28.7 Å². The van der Waals surface area contributed by atoms with Crippen LogP contribution >= 0.6 is 7.82 Å². The number of carboxylic acid groups (broad SMARTS) is 1. The number of carboxylic acids is 1. The predicted octanol–water partition coefficient (Wildman–Crippen LogP) is 2.91. The minimum absolute atomic E-state index is 0.177. The first-order chi connectivity index (χ1) is 14.1. The van der Waals surface area contributed by atoms with Gasteiger partial charge in [-0.3, -0.25) is 0 Å². The van der Waals surface area contributed by atoms with Gasteiger partial charge in [0.05, 0.1) is 24.8 Å². The number of nitrogens with zero attached hydrogens (tertiary/aromatic N) is 1. The van der Waals surface area contributed by atoms with Crippen LogP contribution in [0.25, 0.3) is 23.2 Å². The van der Waals surface area contributed by atoms with Gasteiger partial charge in [-0.2, -0.15) is 0 Å². The van der Waals surface area contributed by atoms with E-state index in [0.717, 1.165) is 5.56 Å². The molecule has 0 amide bonds. The molecule has 3 aromatic rings. The van der Waals surface area contributed by atoms with Crippen LogP contribution in [0, 0.1) is 0 Å². The molecule has 0 unspecified atom stereocenters. The summed E-state index contributed by atoms with van der Waals surface area (Å²) in [6.45, 7) is 2.48. The molecule has 30 heavy (non-hydrogen) atoms. The molecule has 0 saturated carbocycles. The van der Waals surface area contributed by atoms with Crippen LogP contribution in [-0.4, -0.2) is 49.4 Å². The smallest absolute Gasteiger partial charge is 0.466 e. The number of rotatable bonds is 6. The Morgan fingerprint density at radius 2 is 1.87 bits per heavy atom. The number of phosphoric acid groups is 1. The molecule has 0 spiro atoms. The lowest BCUT2D eigenvalue weighted by Gasteiger charge is -2.09. The molecule has 0 aliphatic carbocycles. The highest BCUT2D eigenvalue weighted by atomic mass is 31.2. The van der Waals surface area contributed by atoms with E-state index in [1.54, 1.807) is 25.3 Å². The molecule has 1 aromatic heterocycles. The molecule has 5 N–H and O–H groups in total. The van der Waals surface area contributed by atoms with E-state index >= 15 is 0 Å². The van der Waals surface area contributed by atoms with E-state index in [0.29, 0.717) is 35.0 Å². The zero-order valence-electron chi connectivity index (χ0n) is 16.1. The lowest BCUT2D eigenvalue weighted by atomic mass is 10.2. The molecule has 10 nitrogen and oxygen atoms in total. The van der Waals surface area contributed by atoms with Crippen molar-refractivity contribution in [2.75, 3.05) is 13.7 Å². The molecule has 160 valence electrons. The van der Waals surface area contributed by atoms with Gasteiger partial charge in [-0.1, -0.05) is 18.2 Å². The van der Waals surface area contributed by atoms with E-state index in [1.807, 2.05) is 31.2 Å². The number of carbonyl (C=O) groups is 1. The molecule has 0 saturated heterocycles. The van der Waals surface area contributed by atoms with E-state index in [9.17, 15) is 9.90 Å². The molecular weight excluding hydrogens is 415 g/mol. The summed E-state index contributed by atoms with van der Waals surface area (Å²) >= 11 is 0. The summed E-state index contributed by atoms with van der Waals surface area (Å²) in [6.07, 6.45) is 3.66. The summed E-state index contributed by atoms with van der Waals surface area (Å²) in [4.78, 5) is 40.3. The number of ether oxygens (including phenoxy) is 2. The lowest BCUT2D eigenvalue weighted by Crippen LogP contribution is -1.96. The number of aromatic carboxylic acids is 1. The average molecular weight is 436 g/mol. The third kappa shape index (κ3) is 6.71. The molecule has 0 aliphatic rings. The van der Waals surface area contributed by atoms with Crippen LogP contribution in [0.5, 0.6) is 11.5 Å². The summed E-state index contributed by atoms with van der Waals surface area (Å²) in [5, 5.41) is 9.23. The fourth-order valence-electron chi connectivity index (χ4n) is 2.54. The molecule has 0 aliphatic heterocycles. The number of H-pyrrole nitrogens is 1. The monoisotopic (exact) mass is 436 g/mol. The molecule has 1 heterocycles. The van der Waals surface area contributed by atoms with Gasteiger partial charge in [0.25, 0.3) is 0 Å². The summed E-state index contributed by atoms with van der Waals surface area (Å²) in [7, 11) is -3.04. The number of benzene rings is 2. The minimum Gasteiger partial charge on any atom is -0.493 e. The number of imidazole rings is 1. The van der Waals surface area contributed by atoms with Crippen LogP contribution in [0.15, 0.2) is 36.4 Å². The van der Waals surface area contributed by atoms with Crippen molar-refractivity contribution in [3.05, 3.63) is 53.3 Å². The highest BCUT2D eigenvalue weighted by molar-refractivity contribution is 7.45. The standard InChI is InChI=1S/C19H18N2O4.H3O4P/c1-3-25-15-9-7-12(11-16(15)24-2)8-10-17-20-14-6-4-5-13(19(22)23)18(14)21-17;1-5(2,3)4/h4-11H,3H2,1-2H3,(H,20,21)(H,22,23);(H3,1,2,3,4). The fourth-order valence-corrected chi connectivity index (χ4v) is 2.54. The first kappa shape index (κ1) is 23.1. The van der Waals surface area contributed by atoms with Crippen molar-refractivity contribution in [3.63, 3.8) is 0 Å². The summed E-state index contributed by atoms with van der Waals surface area (Å²) in [6, 6.07) is 10.7. The second kappa shape index (κ2) is 10.0. The van der Waals surface area contributed by atoms with Gasteiger partial charge in [-0.25, -0.2) is 14.3 Å². The number of aromatic amines is 1. The van der Waals surface area contributed by atoms with Gasteiger partial charge < -0.3 is 34.2 Å². The number of methoxy groups -OCH3 is 1. The Labute approximate surface area is 171 Å². The zero-order chi connectivity index (χ0) is 22.3. The Kier molecular flexibility index (Phi) is 7.73. The van der Waals surface area contributed by atoms with E-state index in [4.69, 9.17) is 28.7 Å². The molecule has 3 rings (SSSR count). The third-order valence-electron chi connectivity index (χ3n) is 3.68. The SMILES string of the molecule is CCOc1ccc(C=Cc2nc3c(C(=O)O)cccc3[nH]2)cc1OC.O=P(O)(O)O. The van der Waals surface area contributed by atoms with Gasteiger partial charge in [0.1, 0.15) is 11.3 Å². The van der Waals surface area contributed by atoms with Gasteiger partial charge in [-0.05, 0) is 42.8 Å².